The van der Waals surface area contributed by atoms with E-state index in [2.05, 4.69) is 20.4 Å². The van der Waals surface area contributed by atoms with Gasteiger partial charge in [-0.3, -0.25) is 0 Å². The van der Waals surface area contributed by atoms with Gasteiger partial charge in [-0.25, -0.2) is 4.98 Å². The maximum Gasteiger partial charge on any atom is 0.258 e. The average molecular weight is 258 g/mol. The van der Waals surface area contributed by atoms with Crippen LogP contribution in [0, 0.1) is 5.92 Å². The van der Waals surface area contributed by atoms with Gasteiger partial charge in [-0.15, -0.1) is 0 Å². The lowest BCUT2D eigenvalue weighted by atomic mass is 10.2. The highest BCUT2D eigenvalue weighted by Gasteiger charge is 2.20. The topological polar surface area (TPSA) is 63.8 Å². The van der Waals surface area contributed by atoms with Gasteiger partial charge in [-0.05, 0) is 30.9 Å². The van der Waals surface area contributed by atoms with E-state index >= 15 is 0 Å². The van der Waals surface area contributed by atoms with Gasteiger partial charge in [0.25, 0.3) is 5.89 Å². The van der Waals surface area contributed by atoms with Crippen molar-refractivity contribution in [1.29, 1.82) is 0 Å². The molecule has 0 unspecified atom stereocenters. The first-order valence-electron chi connectivity index (χ1n) is 6.76. The van der Waals surface area contributed by atoms with Crippen molar-refractivity contribution in [2.24, 2.45) is 5.92 Å². The van der Waals surface area contributed by atoms with Crippen molar-refractivity contribution in [1.82, 2.24) is 15.1 Å². The fraction of sp³-hybridized carbons (Fsp3) is 0.500. The third-order valence-electron chi connectivity index (χ3n) is 3.23. The second-order valence-electron chi connectivity index (χ2n) is 5.37. The SMILES string of the molecule is CC(C)c1noc(-c2ccnc(NCC3CC3)c2)n1. The van der Waals surface area contributed by atoms with Crippen LogP contribution in [-0.4, -0.2) is 21.7 Å². The summed E-state index contributed by atoms with van der Waals surface area (Å²) in [5.74, 6) is 3.25. The molecule has 5 nitrogen and oxygen atoms in total. The molecule has 19 heavy (non-hydrogen) atoms. The highest BCUT2D eigenvalue weighted by Crippen LogP contribution is 2.29. The molecule has 100 valence electrons. The first-order valence-corrected chi connectivity index (χ1v) is 6.76. The lowest BCUT2D eigenvalue weighted by Crippen LogP contribution is -2.04. The van der Waals surface area contributed by atoms with Crippen molar-refractivity contribution in [3.05, 3.63) is 24.2 Å². The maximum atomic E-state index is 5.29. The number of rotatable bonds is 5. The Hall–Kier alpha value is -1.91. The Kier molecular flexibility index (Phi) is 3.19. The molecule has 3 rings (SSSR count). The molecule has 1 N–H and O–H groups in total. The molecule has 1 saturated carbocycles. The van der Waals surface area contributed by atoms with Crippen LogP contribution in [0.25, 0.3) is 11.5 Å². The van der Waals surface area contributed by atoms with Gasteiger partial charge in [-0.2, -0.15) is 4.98 Å². The summed E-state index contributed by atoms with van der Waals surface area (Å²) in [6, 6.07) is 3.85. The molecule has 0 amide bonds. The standard InChI is InChI=1S/C14H18N4O/c1-9(2)13-17-14(19-18-13)11-5-6-15-12(7-11)16-8-10-3-4-10/h5-7,9-10H,3-4,8H2,1-2H3,(H,15,16). The summed E-state index contributed by atoms with van der Waals surface area (Å²) in [5, 5.41) is 7.32. The van der Waals surface area contributed by atoms with Gasteiger partial charge in [0.05, 0.1) is 0 Å². The molecule has 1 aliphatic carbocycles. The Morgan fingerprint density at radius 1 is 1.42 bits per heavy atom. The second-order valence-corrected chi connectivity index (χ2v) is 5.37. The van der Waals surface area contributed by atoms with Crippen molar-refractivity contribution in [3.63, 3.8) is 0 Å². The highest BCUT2D eigenvalue weighted by atomic mass is 16.5. The van der Waals surface area contributed by atoms with Crippen LogP contribution in [0.3, 0.4) is 0 Å². The molecule has 0 atom stereocenters. The Bertz CT molecular complexity index is 560. The van der Waals surface area contributed by atoms with E-state index in [1.54, 1.807) is 6.20 Å². The molecule has 2 heterocycles. The van der Waals surface area contributed by atoms with Gasteiger partial charge in [0.2, 0.25) is 0 Å². The molecule has 0 radical (unpaired) electrons. The smallest absolute Gasteiger partial charge is 0.258 e. The minimum atomic E-state index is 0.270. The predicted octanol–water partition coefficient (Wildman–Crippen LogP) is 3.08. The van der Waals surface area contributed by atoms with Crippen LogP contribution in [0.4, 0.5) is 5.82 Å². The van der Waals surface area contributed by atoms with Crippen molar-refractivity contribution >= 4 is 5.82 Å². The molecule has 0 aromatic carbocycles. The molecule has 0 bridgehead atoms. The Morgan fingerprint density at radius 2 is 2.26 bits per heavy atom. The molecule has 1 aliphatic rings. The van der Waals surface area contributed by atoms with Crippen molar-refractivity contribution < 1.29 is 4.52 Å². The molecule has 1 fully saturated rings. The molecular formula is C14H18N4O. The molecule has 2 aromatic rings. The summed E-state index contributed by atoms with van der Waals surface area (Å²) in [6.45, 7) is 5.09. The van der Waals surface area contributed by atoms with Gasteiger partial charge in [0, 0.05) is 24.2 Å². The van der Waals surface area contributed by atoms with Gasteiger partial charge in [0.1, 0.15) is 5.82 Å². The zero-order valence-corrected chi connectivity index (χ0v) is 11.3. The van der Waals surface area contributed by atoms with Crippen LogP contribution < -0.4 is 5.32 Å². The van der Waals surface area contributed by atoms with E-state index in [1.165, 1.54) is 12.8 Å². The van der Waals surface area contributed by atoms with Gasteiger partial charge in [0.15, 0.2) is 5.82 Å². The monoisotopic (exact) mass is 258 g/mol. The van der Waals surface area contributed by atoms with Gasteiger partial charge < -0.3 is 9.84 Å². The van der Waals surface area contributed by atoms with Crippen LogP contribution in [0.2, 0.25) is 0 Å². The Morgan fingerprint density at radius 3 is 2.95 bits per heavy atom. The lowest BCUT2D eigenvalue weighted by Gasteiger charge is -2.04. The minimum Gasteiger partial charge on any atom is -0.370 e. The fourth-order valence-corrected chi connectivity index (χ4v) is 1.82. The molecule has 5 heteroatoms. The molecule has 0 aliphatic heterocycles. The van der Waals surface area contributed by atoms with Crippen molar-refractivity contribution in [3.8, 4) is 11.5 Å². The van der Waals surface area contributed by atoms with E-state index in [-0.39, 0.29) is 5.92 Å². The van der Waals surface area contributed by atoms with E-state index in [9.17, 15) is 0 Å². The van der Waals surface area contributed by atoms with Crippen LogP contribution in [0.5, 0.6) is 0 Å². The maximum absolute atomic E-state index is 5.29. The lowest BCUT2D eigenvalue weighted by molar-refractivity contribution is 0.419. The van der Waals surface area contributed by atoms with Gasteiger partial charge >= 0.3 is 0 Å². The van der Waals surface area contributed by atoms with Crippen LogP contribution >= 0.6 is 0 Å². The summed E-state index contributed by atoms with van der Waals surface area (Å²) in [5.41, 5.74) is 0.910. The predicted molar refractivity (Wildman–Crippen MR) is 72.8 cm³/mol. The number of nitrogens with one attached hydrogen (secondary N) is 1. The molecular weight excluding hydrogens is 240 g/mol. The highest BCUT2D eigenvalue weighted by molar-refractivity contribution is 5.57. The van der Waals surface area contributed by atoms with Crippen LogP contribution in [0.15, 0.2) is 22.9 Å². The van der Waals surface area contributed by atoms with Gasteiger partial charge in [-0.1, -0.05) is 19.0 Å². The molecule has 0 spiro atoms. The molecule has 2 aromatic heterocycles. The van der Waals surface area contributed by atoms with E-state index in [0.29, 0.717) is 5.89 Å². The summed E-state index contributed by atoms with van der Waals surface area (Å²) in [4.78, 5) is 8.70. The Labute approximate surface area is 112 Å². The first kappa shape index (κ1) is 12.1. The first-order chi connectivity index (χ1) is 9.22. The molecule has 0 saturated heterocycles. The number of pyridine rings is 1. The third kappa shape index (κ3) is 2.92. The van der Waals surface area contributed by atoms with E-state index < -0.39 is 0 Å². The fourth-order valence-electron chi connectivity index (χ4n) is 1.82. The summed E-state index contributed by atoms with van der Waals surface area (Å²) < 4.78 is 5.29. The third-order valence-corrected chi connectivity index (χ3v) is 3.23. The number of hydrogen-bond acceptors (Lipinski definition) is 5. The average Bonchev–Trinajstić information content (AvgIpc) is 3.10. The largest absolute Gasteiger partial charge is 0.370 e. The van der Waals surface area contributed by atoms with E-state index in [0.717, 1.165) is 29.7 Å². The van der Waals surface area contributed by atoms with E-state index in [4.69, 9.17) is 4.52 Å². The minimum absolute atomic E-state index is 0.270. The zero-order valence-electron chi connectivity index (χ0n) is 11.3. The van der Waals surface area contributed by atoms with Crippen molar-refractivity contribution in [2.75, 3.05) is 11.9 Å². The van der Waals surface area contributed by atoms with Crippen LogP contribution in [-0.2, 0) is 0 Å². The van der Waals surface area contributed by atoms with E-state index in [1.807, 2.05) is 26.0 Å². The summed E-state index contributed by atoms with van der Waals surface area (Å²) >= 11 is 0. The normalized spacial score (nSPS) is 14.9. The zero-order chi connectivity index (χ0) is 13.2. The second kappa shape index (κ2) is 4.99. The number of aromatic nitrogens is 3. The number of hydrogen-bond donors (Lipinski definition) is 1. The summed E-state index contributed by atoms with van der Waals surface area (Å²) in [6.07, 6.45) is 4.42. The summed E-state index contributed by atoms with van der Waals surface area (Å²) in [7, 11) is 0. The quantitative estimate of drug-likeness (QED) is 0.892. The van der Waals surface area contributed by atoms with Crippen LogP contribution in [0.1, 0.15) is 38.4 Å². The number of nitrogens with zero attached hydrogens (tertiary/aromatic N) is 3. The Balaban J connectivity index is 1.76. The van der Waals surface area contributed by atoms with Crippen molar-refractivity contribution in [2.45, 2.75) is 32.6 Å². The number of anilines is 1.